The first-order valence-corrected chi connectivity index (χ1v) is 6.52. The minimum absolute atomic E-state index is 0.368. The largest absolute Gasteiger partial charge is 0.380 e. The molecule has 0 saturated heterocycles. The van der Waals surface area contributed by atoms with Crippen molar-refractivity contribution >= 4 is 17.0 Å². The molecule has 0 atom stereocenters. The summed E-state index contributed by atoms with van der Waals surface area (Å²) in [4.78, 5) is 4.63. The van der Waals surface area contributed by atoms with E-state index in [0.29, 0.717) is 12.6 Å². The van der Waals surface area contributed by atoms with Crippen molar-refractivity contribution in [3.63, 3.8) is 0 Å². The number of nitrogens with one attached hydrogen (secondary N) is 1. The van der Waals surface area contributed by atoms with Gasteiger partial charge in [0.15, 0.2) is 0 Å². The van der Waals surface area contributed by atoms with E-state index in [2.05, 4.69) is 34.8 Å². The first-order chi connectivity index (χ1) is 8.72. The average Bonchev–Trinajstić information content (AvgIpc) is 2.67. The molecule has 0 fully saturated rings. The summed E-state index contributed by atoms with van der Waals surface area (Å²) in [7, 11) is 0. The van der Waals surface area contributed by atoms with Crippen LogP contribution in [-0.2, 0) is 11.3 Å². The maximum absolute atomic E-state index is 5.44. The SMILES string of the molecule is CCOCCn1c(NC(C)C)nc2ccccc21. The molecule has 0 aliphatic heterocycles. The van der Waals surface area contributed by atoms with Crippen molar-refractivity contribution in [3.8, 4) is 0 Å². The molecule has 0 bridgehead atoms. The first-order valence-electron chi connectivity index (χ1n) is 6.52. The lowest BCUT2D eigenvalue weighted by molar-refractivity contribution is 0.140. The smallest absolute Gasteiger partial charge is 0.204 e. The van der Waals surface area contributed by atoms with Gasteiger partial charge in [0, 0.05) is 19.2 Å². The van der Waals surface area contributed by atoms with Crippen LogP contribution in [0.4, 0.5) is 5.95 Å². The summed E-state index contributed by atoms with van der Waals surface area (Å²) in [6.07, 6.45) is 0. The summed E-state index contributed by atoms with van der Waals surface area (Å²) in [5, 5.41) is 3.39. The van der Waals surface area contributed by atoms with Crippen LogP contribution >= 0.6 is 0 Å². The van der Waals surface area contributed by atoms with Crippen molar-refractivity contribution in [3.05, 3.63) is 24.3 Å². The summed E-state index contributed by atoms with van der Waals surface area (Å²) in [5.74, 6) is 0.922. The van der Waals surface area contributed by atoms with Gasteiger partial charge in [-0.1, -0.05) is 12.1 Å². The molecule has 0 aliphatic rings. The van der Waals surface area contributed by atoms with Gasteiger partial charge < -0.3 is 14.6 Å². The Morgan fingerprint density at radius 3 is 2.83 bits per heavy atom. The number of nitrogens with zero attached hydrogens (tertiary/aromatic N) is 2. The maximum atomic E-state index is 5.44. The number of aromatic nitrogens is 2. The van der Waals surface area contributed by atoms with Crippen LogP contribution in [0.3, 0.4) is 0 Å². The molecule has 0 spiro atoms. The van der Waals surface area contributed by atoms with Crippen molar-refractivity contribution in [2.75, 3.05) is 18.5 Å². The van der Waals surface area contributed by atoms with E-state index in [0.717, 1.165) is 30.1 Å². The number of imidazole rings is 1. The summed E-state index contributed by atoms with van der Waals surface area (Å²) in [5.41, 5.74) is 2.18. The van der Waals surface area contributed by atoms with Gasteiger partial charge in [0.1, 0.15) is 0 Å². The zero-order chi connectivity index (χ0) is 13.0. The molecule has 1 aromatic carbocycles. The Morgan fingerprint density at radius 2 is 2.11 bits per heavy atom. The van der Waals surface area contributed by atoms with Gasteiger partial charge in [0.2, 0.25) is 5.95 Å². The molecule has 0 radical (unpaired) electrons. The quantitative estimate of drug-likeness (QED) is 0.798. The molecule has 0 amide bonds. The Morgan fingerprint density at radius 1 is 1.33 bits per heavy atom. The van der Waals surface area contributed by atoms with Crippen LogP contribution in [0.1, 0.15) is 20.8 Å². The van der Waals surface area contributed by atoms with Crippen molar-refractivity contribution < 1.29 is 4.74 Å². The topological polar surface area (TPSA) is 39.1 Å². The second-order valence-corrected chi connectivity index (χ2v) is 4.57. The number of ether oxygens (including phenoxy) is 1. The third kappa shape index (κ3) is 2.82. The highest BCUT2D eigenvalue weighted by molar-refractivity contribution is 5.78. The lowest BCUT2D eigenvalue weighted by Crippen LogP contribution is -2.16. The van der Waals surface area contributed by atoms with Crippen LogP contribution in [0.25, 0.3) is 11.0 Å². The zero-order valence-electron chi connectivity index (χ0n) is 11.3. The van der Waals surface area contributed by atoms with Gasteiger partial charge in [-0.2, -0.15) is 0 Å². The number of para-hydroxylation sites is 2. The minimum Gasteiger partial charge on any atom is -0.380 e. The maximum Gasteiger partial charge on any atom is 0.204 e. The van der Waals surface area contributed by atoms with E-state index in [1.165, 1.54) is 0 Å². The second kappa shape index (κ2) is 5.87. The highest BCUT2D eigenvalue weighted by Gasteiger charge is 2.10. The van der Waals surface area contributed by atoms with Gasteiger partial charge >= 0.3 is 0 Å². The third-order valence-corrected chi connectivity index (χ3v) is 2.74. The molecular weight excluding hydrogens is 226 g/mol. The Balaban J connectivity index is 2.31. The predicted octanol–water partition coefficient (Wildman–Crippen LogP) is 2.89. The molecule has 2 aromatic rings. The lowest BCUT2D eigenvalue weighted by atomic mass is 10.3. The molecule has 4 heteroatoms. The van der Waals surface area contributed by atoms with Gasteiger partial charge in [-0.15, -0.1) is 0 Å². The Labute approximate surface area is 108 Å². The van der Waals surface area contributed by atoms with E-state index < -0.39 is 0 Å². The third-order valence-electron chi connectivity index (χ3n) is 2.74. The molecule has 18 heavy (non-hydrogen) atoms. The summed E-state index contributed by atoms with van der Waals surface area (Å²) < 4.78 is 7.62. The molecular formula is C14H21N3O. The monoisotopic (exact) mass is 247 g/mol. The molecule has 1 aromatic heterocycles. The molecule has 1 heterocycles. The molecule has 0 unspecified atom stereocenters. The van der Waals surface area contributed by atoms with Crippen molar-refractivity contribution in [1.29, 1.82) is 0 Å². The highest BCUT2D eigenvalue weighted by Crippen LogP contribution is 2.19. The van der Waals surface area contributed by atoms with Gasteiger partial charge in [0.05, 0.1) is 17.6 Å². The Bertz CT molecular complexity index is 505. The molecule has 2 rings (SSSR count). The van der Waals surface area contributed by atoms with Crippen molar-refractivity contribution in [2.45, 2.75) is 33.4 Å². The Kier molecular flexibility index (Phi) is 4.20. The fraction of sp³-hybridized carbons (Fsp3) is 0.500. The number of hydrogen-bond donors (Lipinski definition) is 1. The number of anilines is 1. The van der Waals surface area contributed by atoms with Crippen LogP contribution in [0.2, 0.25) is 0 Å². The van der Waals surface area contributed by atoms with Crippen LogP contribution in [-0.4, -0.2) is 28.8 Å². The normalized spacial score (nSPS) is 11.3. The van der Waals surface area contributed by atoms with Crippen LogP contribution < -0.4 is 5.32 Å². The Hall–Kier alpha value is -1.55. The van der Waals surface area contributed by atoms with E-state index in [1.807, 2.05) is 25.1 Å². The summed E-state index contributed by atoms with van der Waals surface area (Å²) in [6.45, 7) is 8.53. The minimum atomic E-state index is 0.368. The van der Waals surface area contributed by atoms with Crippen LogP contribution in [0.15, 0.2) is 24.3 Å². The standard InChI is InChI=1S/C14H21N3O/c1-4-18-10-9-17-13-8-6-5-7-12(13)16-14(17)15-11(2)3/h5-8,11H,4,9-10H2,1-3H3,(H,15,16). The van der Waals surface area contributed by atoms with E-state index in [1.54, 1.807) is 0 Å². The van der Waals surface area contributed by atoms with Crippen LogP contribution in [0, 0.1) is 0 Å². The fourth-order valence-corrected chi connectivity index (χ4v) is 1.97. The predicted molar refractivity (Wildman–Crippen MR) is 75.0 cm³/mol. The van der Waals surface area contributed by atoms with E-state index >= 15 is 0 Å². The molecule has 0 aliphatic carbocycles. The van der Waals surface area contributed by atoms with E-state index in [9.17, 15) is 0 Å². The fourth-order valence-electron chi connectivity index (χ4n) is 1.97. The number of rotatable bonds is 6. The van der Waals surface area contributed by atoms with Crippen LogP contribution in [0.5, 0.6) is 0 Å². The molecule has 98 valence electrons. The highest BCUT2D eigenvalue weighted by atomic mass is 16.5. The van der Waals surface area contributed by atoms with E-state index in [-0.39, 0.29) is 0 Å². The van der Waals surface area contributed by atoms with Crippen molar-refractivity contribution in [2.24, 2.45) is 0 Å². The molecule has 1 N–H and O–H groups in total. The van der Waals surface area contributed by atoms with Gasteiger partial charge in [0.25, 0.3) is 0 Å². The van der Waals surface area contributed by atoms with E-state index in [4.69, 9.17) is 4.74 Å². The summed E-state index contributed by atoms with van der Waals surface area (Å²) in [6, 6.07) is 8.56. The van der Waals surface area contributed by atoms with Crippen molar-refractivity contribution in [1.82, 2.24) is 9.55 Å². The van der Waals surface area contributed by atoms with Gasteiger partial charge in [-0.3, -0.25) is 0 Å². The number of fused-ring (bicyclic) bond motifs is 1. The lowest BCUT2D eigenvalue weighted by Gasteiger charge is -2.12. The first kappa shape index (κ1) is 12.9. The zero-order valence-corrected chi connectivity index (χ0v) is 11.3. The number of benzene rings is 1. The van der Waals surface area contributed by atoms with Gasteiger partial charge in [-0.25, -0.2) is 4.98 Å². The number of hydrogen-bond acceptors (Lipinski definition) is 3. The molecule has 0 saturated carbocycles. The summed E-state index contributed by atoms with van der Waals surface area (Å²) >= 11 is 0. The second-order valence-electron chi connectivity index (χ2n) is 4.57. The van der Waals surface area contributed by atoms with Gasteiger partial charge in [-0.05, 0) is 32.9 Å². The molecule has 4 nitrogen and oxygen atoms in total. The average molecular weight is 247 g/mol.